The Morgan fingerprint density at radius 3 is 2.39 bits per heavy atom. The van der Waals surface area contributed by atoms with Crippen LogP contribution < -0.4 is 5.32 Å². The molecule has 106 valence electrons. The quantitative estimate of drug-likeness (QED) is 0.778. The van der Waals surface area contributed by atoms with Gasteiger partial charge in [-0.1, -0.05) is 6.92 Å². The molecule has 2 heterocycles. The predicted octanol–water partition coefficient (Wildman–Crippen LogP) is 0.652. The fourth-order valence-electron chi connectivity index (χ4n) is 3.08. The van der Waals surface area contributed by atoms with Crippen molar-refractivity contribution in [3.63, 3.8) is 0 Å². The van der Waals surface area contributed by atoms with Crippen molar-refractivity contribution >= 4 is 0 Å². The van der Waals surface area contributed by atoms with Crippen molar-refractivity contribution in [2.75, 3.05) is 46.8 Å². The van der Waals surface area contributed by atoms with E-state index >= 15 is 0 Å². The van der Waals surface area contributed by atoms with Gasteiger partial charge in [0.15, 0.2) is 0 Å². The number of nitrogens with zero attached hydrogens (tertiary/aromatic N) is 3. The molecule has 2 aliphatic rings. The zero-order chi connectivity index (χ0) is 13.3. The van der Waals surface area contributed by atoms with Crippen LogP contribution in [0.4, 0.5) is 0 Å². The largest absolute Gasteiger partial charge is 0.315 e. The normalized spacial score (nSPS) is 27.2. The third-order valence-electron chi connectivity index (χ3n) is 5.20. The smallest absolute Gasteiger partial charge is 0.0681 e. The molecule has 0 spiro atoms. The first-order valence-corrected chi connectivity index (χ1v) is 7.35. The second-order valence-corrected chi connectivity index (χ2v) is 6.38. The van der Waals surface area contributed by atoms with E-state index in [1.807, 2.05) is 0 Å². The van der Waals surface area contributed by atoms with Crippen molar-refractivity contribution < 1.29 is 0 Å². The molecule has 0 aromatic carbocycles. The number of hydrogen-bond acceptors (Lipinski definition) is 4. The SMILES string of the molecule is CCN(C)C1CN(C(C)(C)N(C)C2CCNC2)C1. The van der Waals surface area contributed by atoms with Gasteiger partial charge in [0.05, 0.1) is 5.66 Å². The van der Waals surface area contributed by atoms with Crippen molar-refractivity contribution in [1.29, 1.82) is 0 Å². The van der Waals surface area contributed by atoms with Crippen LogP contribution in [0.2, 0.25) is 0 Å². The van der Waals surface area contributed by atoms with E-state index in [0.29, 0.717) is 6.04 Å². The number of nitrogens with one attached hydrogen (secondary N) is 1. The third-order valence-corrected chi connectivity index (χ3v) is 5.20. The average Bonchev–Trinajstić information content (AvgIpc) is 2.78. The predicted molar refractivity (Wildman–Crippen MR) is 76.8 cm³/mol. The fourth-order valence-corrected chi connectivity index (χ4v) is 3.08. The van der Waals surface area contributed by atoms with Crippen LogP contribution in [0.15, 0.2) is 0 Å². The lowest BCUT2D eigenvalue weighted by molar-refractivity contribution is -0.103. The molecular weight excluding hydrogens is 224 g/mol. The summed E-state index contributed by atoms with van der Waals surface area (Å²) in [4.78, 5) is 7.64. The number of rotatable bonds is 5. The van der Waals surface area contributed by atoms with Crippen LogP contribution >= 0.6 is 0 Å². The summed E-state index contributed by atoms with van der Waals surface area (Å²) in [7, 11) is 4.52. The van der Waals surface area contributed by atoms with Crippen molar-refractivity contribution in [1.82, 2.24) is 20.0 Å². The fraction of sp³-hybridized carbons (Fsp3) is 1.00. The summed E-state index contributed by atoms with van der Waals surface area (Å²) in [5.74, 6) is 0. The van der Waals surface area contributed by atoms with E-state index in [0.717, 1.165) is 19.1 Å². The van der Waals surface area contributed by atoms with Gasteiger partial charge in [-0.2, -0.15) is 0 Å². The molecule has 0 aromatic rings. The van der Waals surface area contributed by atoms with Gasteiger partial charge in [-0.25, -0.2) is 0 Å². The summed E-state index contributed by atoms with van der Waals surface area (Å²) < 4.78 is 0. The Kier molecular flexibility index (Phi) is 4.32. The van der Waals surface area contributed by atoms with Gasteiger partial charge in [-0.3, -0.25) is 9.80 Å². The van der Waals surface area contributed by atoms with Gasteiger partial charge in [0.2, 0.25) is 0 Å². The minimum Gasteiger partial charge on any atom is -0.315 e. The maximum absolute atomic E-state index is 3.47. The molecule has 4 nitrogen and oxygen atoms in total. The zero-order valence-corrected chi connectivity index (χ0v) is 12.7. The van der Waals surface area contributed by atoms with Gasteiger partial charge in [0.1, 0.15) is 0 Å². The Morgan fingerprint density at radius 1 is 1.22 bits per heavy atom. The van der Waals surface area contributed by atoms with E-state index in [2.05, 4.69) is 54.9 Å². The highest BCUT2D eigenvalue weighted by Gasteiger charge is 2.42. The van der Waals surface area contributed by atoms with E-state index in [-0.39, 0.29) is 5.66 Å². The maximum Gasteiger partial charge on any atom is 0.0681 e. The van der Waals surface area contributed by atoms with E-state index in [9.17, 15) is 0 Å². The van der Waals surface area contributed by atoms with E-state index < -0.39 is 0 Å². The zero-order valence-electron chi connectivity index (χ0n) is 12.7. The van der Waals surface area contributed by atoms with E-state index in [1.54, 1.807) is 0 Å². The molecule has 1 atom stereocenters. The van der Waals surface area contributed by atoms with Crippen molar-refractivity contribution in [3.8, 4) is 0 Å². The average molecular weight is 254 g/mol. The Labute approximate surface area is 112 Å². The van der Waals surface area contributed by atoms with E-state index in [1.165, 1.54) is 26.1 Å². The summed E-state index contributed by atoms with van der Waals surface area (Å²) in [6.07, 6.45) is 1.28. The molecule has 0 aliphatic carbocycles. The van der Waals surface area contributed by atoms with Crippen LogP contribution in [0.3, 0.4) is 0 Å². The molecule has 4 heteroatoms. The van der Waals surface area contributed by atoms with Gasteiger partial charge in [-0.05, 0) is 47.5 Å². The molecule has 0 amide bonds. The monoisotopic (exact) mass is 254 g/mol. The lowest BCUT2D eigenvalue weighted by atomic mass is 9.99. The van der Waals surface area contributed by atoms with Gasteiger partial charge < -0.3 is 10.2 Å². The number of hydrogen-bond donors (Lipinski definition) is 1. The lowest BCUT2D eigenvalue weighted by Crippen LogP contribution is -2.70. The molecule has 0 bridgehead atoms. The lowest BCUT2D eigenvalue weighted by Gasteiger charge is -2.56. The van der Waals surface area contributed by atoms with Crippen molar-refractivity contribution in [3.05, 3.63) is 0 Å². The number of likely N-dealkylation sites (N-methyl/N-ethyl adjacent to an activating group) is 2. The molecule has 0 aromatic heterocycles. The highest BCUT2D eigenvalue weighted by atomic mass is 15.5. The first kappa shape index (κ1) is 14.3. The first-order chi connectivity index (χ1) is 8.46. The van der Waals surface area contributed by atoms with Crippen LogP contribution in [0.1, 0.15) is 27.2 Å². The van der Waals surface area contributed by atoms with Gasteiger partial charge in [0.25, 0.3) is 0 Å². The minimum atomic E-state index is 0.182. The highest BCUT2D eigenvalue weighted by Crippen LogP contribution is 2.29. The molecule has 18 heavy (non-hydrogen) atoms. The Morgan fingerprint density at radius 2 is 1.89 bits per heavy atom. The summed E-state index contributed by atoms with van der Waals surface area (Å²) in [5, 5.41) is 3.47. The highest BCUT2D eigenvalue weighted by molar-refractivity contribution is 4.97. The topological polar surface area (TPSA) is 21.8 Å². The molecule has 2 fully saturated rings. The van der Waals surface area contributed by atoms with Crippen LogP contribution in [-0.2, 0) is 0 Å². The maximum atomic E-state index is 3.47. The standard InChI is InChI=1S/C14H30N4/c1-6-16(4)13-10-18(11-13)14(2,3)17(5)12-7-8-15-9-12/h12-13,15H,6-11H2,1-5H3. The molecule has 1 unspecified atom stereocenters. The van der Waals surface area contributed by atoms with Crippen LogP contribution in [0, 0.1) is 0 Å². The second kappa shape index (κ2) is 5.45. The molecule has 0 radical (unpaired) electrons. The van der Waals surface area contributed by atoms with Crippen LogP contribution in [0.5, 0.6) is 0 Å². The summed E-state index contributed by atoms with van der Waals surface area (Å²) in [6, 6.07) is 1.45. The van der Waals surface area contributed by atoms with Gasteiger partial charge in [-0.15, -0.1) is 0 Å². The third kappa shape index (κ3) is 2.57. The number of likely N-dealkylation sites (tertiary alicyclic amines) is 1. The van der Waals surface area contributed by atoms with Gasteiger partial charge >= 0.3 is 0 Å². The summed E-state index contributed by atoms with van der Waals surface area (Å²) in [6.45, 7) is 12.9. The molecule has 0 saturated carbocycles. The van der Waals surface area contributed by atoms with Crippen LogP contribution in [-0.4, -0.2) is 79.3 Å². The molecule has 2 rings (SSSR count). The summed E-state index contributed by atoms with van der Waals surface area (Å²) >= 11 is 0. The molecule has 2 saturated heterocycles. The second-order valence-electron chi connectivity index (χ2n) is 6.38. The molecular formula is C14H30N4. The summed E-state index contributed by atoms with van der Waals surface area (Å²) in [5.41, 5.74) is 0.182. The minimum absolute atomic E-state index is 0.182. The molecule has 2 aliphatic heterocycles. The Bertz CT molecular complexity index is 267. The molecule has 1 N–H and O–H groups in total. The van der Waals surface area contributed by atoms with Crippen LogP contribution in [0.25, 0.3) is 0 Å². The first-order valence-electron chi connectivity index (χ1n) is 7.35. The van der Waals surface area contributed by atoms with Crippen molar-refractivity contribution in [2.24, 2.45) is 0 Å². The van der Waals surface area contributed by atoms with E-state index in [4.69, 9.17) is 0 Å². The Balaban J connectivity index is 1.88. The Hall–Kier alpha value is -0.160. The van der Waals surface area contributed by atoms with Gasteiger partial charge in [0, 0.05) is 31.7 Å². The van der Waals surface area contributed by atoms with Crippen molar-refractivity contribution in [2.45, 2.75) is 44.9 Å².